The highest BCUT2D eigenvalue weighted by atomic mass is 79.9. The Hall–Kier alpha value is -0.880. The van der Waals surface area contributed by atoms with Crippen LogP contribution in [0.3, 0.4) is 0 Å². The van der Waals surface area contributed by atoms with Gasteiger partial charge in [0, 0.05) is 25.7 Å². The summed E-state index contributed by atoms with van der Waals surface area (Å²) in [5, 5.41) is 3.43. The van der Waals surface area contributed by atoms with Crippen LogP contribution < -0.4 is 15.8 Å². The molecule has 17 heavy (non-hydrogen) atoms. The van der Waals surface area contributed by atoms with Gasteiger partial charge in [-0.15, -0.1) is 0 Å². The van der Waals surface area contributed by atoms with Crippen molar-refractivity contribution in [2.24, 2.45) is 11.8 Å². The van der Waals surface area contributed by atoms with Crippen molar-refractivity contribution in [1.29, 1.82) is 0 Å². The summed E-state index contributed by atoms with van der Waals surface area (Å²) in [6.07, 6.45) is 1.47. The van der Waals surface area contributed by atoms with Crippen molar-refractivity contribution in [3.63, 3.8) is 0 Å². The molecule has 1 aromatic rings. The van der Waals surface area contributed by atoms with Gasteiger partial charge in [-0.05, 0) is 34.7 Å². The van der Waals surface area contributed by atoms with Gasteiger partial charge in [0.25, 0.3) is 5.56 Å². The van der Waals surface area contributed by atoms with Crippen molar-refractivity contribution < 1.29 is 0 Å². The zero-order valence-electron chi connectivity index (χ0n) is 9.61. The first-order valence-corrected chi connectivity index (χ1v) is 6.68. The number of hydrogen-bond donors (Lipinski definition) is 2. The molecule has 5 nitrogen and oxygen atoms in total. The van der Waals surface area contributed by atoms with Gasteiger partial charge >= 0.3 is 0 Å². The van der Waals surface area contributed by atoms with E-state index in [1.165, 1.54) is 6.33 Å². The second-order valence-corrected chi connectivity index (χ2v) is 5.64. The molecular weight excluding hydrogens is 284 g/mol. The molecule has 0 aliphatic carbocycles. The van der Waals surface area contributed by atoms with E-state index in [1.54, 1.807) is 0 Å². The number of nitrogens with one attached hydrogen (secondary N) is 2. The van der Waals surface area contributed by atoms with Crippen LogP contribution in [-0.2, 0) is 0 Å². The SMILES string of the molecule is CC1C2CNCC2CN1c1nc[nH]c(=O)c1Br. The Bertz CT molecular complexity index is 489. The summed E-state index contributed by atoms with van der Waals surface area (Å²) in [5.74, 6) is 2.12. The second-order valence-electron chi connectivity index (χ2n) is 4.84. The van der Waals surface area contributed by atoms with Crippen LogP contribution in [0.15, 0.2) is 15.6 Å². The lowest BCUT2D eigenvalue weighted by Gasteiger charge is -2.25. The molecule has 2 N–H and O–H groups in total. The number of H-pyrrole nitrogens is 1. The average molecular weight is 299 g/mol. The molecule has 1 aromatic heterocycles. The van der Waals surface area contributed by atoms with Gasteiger partial charge in [-0.2, -0.15) is 0 Å². The van der Waals surface area contributed by atoms with Crippen molar-refractivity contribution >= 4 is 21.7 Å². The van der Waals surface area contributed by atoms with Gasteiger partial charge < -0.3 is 15.2 Å². The van der Waals surface area contributed by atoms with Gasteiger partial charge in [0.15, 0.2) is 5.82 Å². The number of aromatic amines is 1. The lowest BCUT2D eigenvalue weighted by Crippen LogP contribution is -2.35. The Balaban J connectivity index is 1.95. The molecular formula is C11H15BrN4O. The first-order chi connectivity index (χ1) is 8.18. The molecule has 0 aromatic carbocycles. The first kappa shape index (κ1) is 11.2. The van der Waals surface area contributed by atoms with Crippen LogP contribution in [0.2, 0.25) is 0 Å². The predicted molar refractivity (Wildman–Crippen MR) is 69.2 cm³/mol. The Labute approximate surface area is 108 Å². The van der Waals surface area contributed by atoms with Gasteiger partial charge in [0.05, 0.1) is 6.33 Å². The number of fused-ring (bicyclic) bond motifs is 1. The van der Waals surface area contributed by atoms with E-state index in [0.29, 0.717) is 22.4 Å². The van der Waals surface area contributed by atoms with Crippen LogP contribution >= 0.6 is 15.9 Å². The molecule has 0 amide bonds. The first-order valence-electron chi connectivity index (χ1n) is 5.89. The lowest BCUT2D eigenvalue weighted by atomic mass is 9.95. The van der Waals surface area contributed by atoms with Crippen LogP contribution in [0, 0.1) is 11.8 Å². The molecule has 0 bridgehead atoms. The van der Waals surface area contributed by atoms with Crippen molar-refractivity contribution in [1.82, 2.24) is 15.3 Å². The van der Waals surface area contributed by atoms with Gasteiger partial charge in [0.2, 0.25) is 0 Å². The summed E-state index contributed by atoms with van der Waals surface area (Å²) in [5.41, 5.74) is -0.114. The van der Waals surface area contributed by atoms with E-state index < -0.39 is 0 Å². The third kappa shape index (κ3) is 1.70. The molecule has 6 heteroatoms. The zero-order valence-corrected chi connectivity index (χ0v) is 11.2. The van der Waals surface area contributed by atoms with E-state index in [9.17, 15) is 4.79 Å². The highest BCUT2D eigenvalue weighted by Gasteiger charge is 2.42. The molecule has 2 fully saturated rings. The number of nitrogens with zero attached hydrogens (tertiary/aromatic N) is 2. The molecule has 3 rings (SSSR count). The molecule has 92 valence electrons. The smallest absolute Gasteiger partial charge is 0.267 e. The van der Waals surface area contributed by atoms with E-state index >= 15 is 0 Å². The maximum Gasteiger partial charge on any atom is 0.267 e. The topological polar surface area (TPSA) is 61.0 Å². The van der Waals surface area contributed by atoms with Gasteiger partial charge in [-0.3, -0.25) is 4.79 Å². The average Bonchev–Trinajstić information content (AvgIpc) is 2.87. The molecule has 0 saturated carbocycles. The number of rotatable bonds is 1. The van der Waals surface area contributed by atoms with Crippen molar-refractivity contribution in [3.05, 3.63) is 21.2 Å². The summed E-state index contributed by atoms with van der Waals surface area (Å²) in [6, 6.07) is 0.431. The van der Waals surface area contributed by atoms with E-state index in [4.69, 9.17) is 0 Å². The summed E-state index contributed by atoms with van der Waals surface area (Å²) < 4.78 is 0.541. The molecule has 3 unspecified atom stereocenters. The third-order valence-corrected chi connectivity index (χ3v) is 4.70. The molecule has 0 radical (unpaired) electrons. The predicted octanol–water partition coefficient (Wildman–Crippen LogP) is 0.576. The number of hydrogen-bond acceptors (Lipinski definition) is 4. The molecule has 2 aliphatic heterocycles. The van der Waals surface area contributed by atoms with Gasteiger partial charge in [-0.25, -0.2) is 4.98 Å². The maximum absolute atomic E-state index is 11.6. The van der Waals surface area contributed by atoms with Gasteiger partial charge in [-0.1, -0.05) is 0 Å². The zero-order chi connectivity index (χ0) is 12.0. The standard InChI is InChI=1S/C11H15BrN4O/c1-6-8-3-13-2-7(8)4-16(6)10-9(12)11(17)15-5-14-10/h5-8,13H,2-4H2,1H3,(H,14,15,17). The van der Waals surface area contributed by atoms with Crippen LogP contribution in [-0.4, -0.2) is 35.6 Å². The largest absolute Gasteiger partial charge is 0.352 e. The van der Waals surface area contributed by atoms with Crippen LogP contribution in [0.4, 0.5) is 5.82 Å². The molecule has 3 atom stereocenters. The Morgan fingerprint density at radius 2 is 2.35 bits per heavy atom. The van der Waals surface area contributed by atoms with E-state index in [2.05, 4.69) is 43.0 Å². The third-order valence-electron chi connectivity index (χ3n) is 3.98. The number of anilines is 1. The quantitative estimate of drug-likeness (QED) is 0.796. The minimum atomic E-state index is -0.114. The highest BCUT2D eigenvalue weighted by molar-refractivity contribution is 9.10. The van der Waals surface area contributed by atoms with Crippen LogP contribution in [0.25, 0.3) is 0 Å². The monoisotopic (exact) mass is 298 g/mol. The fourth-order valence-electron chi connectivity index (χ4n) is 3.02. The minimum Gasteiger partial charge on any atom is -0.352 e. The number of halogens is 1. The molecule has 3 heterocycles. The van der Waals surface area contributed by atoms with Crippen molar-refractivity contribution in [2.45, 2.75) is 13.0 Å². The van der Waals surface area contributed by atoms with Crippen molar-refractivity contribution in [3.8, 4) is 0 Å². The normalized spacial score (nSPS) is 31.9. The summed E-state index contributed by atoms with van der Waals surface area (Å²) in [4.78, 5) is 20.7. The summed E-state index contributed by atoms with van der Waals surface area (Å²) >= 11 is 3.33. The molecule has 2 aliphatic rings. The Morgan fingerprint density at radius 1 is 1.53 bits per heavy atom. The Kier molecular flexibility index (Phi) is 2.71. The molecule has 2 saturated heterocycles. The lowest BCUT2D eigenvalue weighted by molar-refractivity contribution is 0.471. The van der Waals surface area contributed by atoms with Gasteiger partial charge in [0.1, 0.15) is 4.47 Å². The van der Waals surface area contributed by atoms with Crippen LogP contribution in [0.1, 0.15) is 6.92 Å². The summed E-state index contributed by atoms with van der Waals surface area (Å²) in [6.45, 7) is 5.34. The Morgan fingerprint density at radius 3 is 3.12 bits per heavy atom. The van der Waals surface area contributed by atoms with E-state index in [1.807, 2.05) is 0 Å². The van der Waals surface area contributed by atoms with Crippen molar-refractivity contribution in [2.75, 3.05) is 24.5 Å². The fraction of sp³-hybridized carbons (Fsp3) is 0.636. The van der Waals surface area contributed by atoms with Crippen LogP contribution in [0.5, 0.6) is 0 Å². The summed E-state index contributed by atoms with van der Waals surface area (Å²) in [7, 11) is 0. The maximum atomic E-state index is 11.6. The molecule has 0 spiro atoms. The van der Waals surface area contributed by atoms with E-state index in [-0.39, 0.29) is 5.56 Å². The second kappa shape index (κ2) is 4.10. The van der Waals surface area contributed by atoms with E-state index in [0.717, 1.165) is 25.5 Å². The number of aromatic nitrogens is 2. The fourth-order valence-corrected chi connectivity index (χ4v) is 3.47. The minimum absolute atomic E-state index is 0.114. The highest BCUT2D eigenvalue weighted by Crippen LogP contribution is 2.36.